The molecular formula is C21H23N4O2S+. The number of carbonyl (C=O) groups is 2. The summed E-state index contributed by atoms with van der Waals surface area (Å²) in [6, 6.07) is 15.8. The number of para-hydroxylation sites is 1. The minimum atomic E-state index is -0.270. The summed E-state index contributed by atoms with van der Waals surface area (Å²) in [6.45, 7) is 3.59. The van der Waals surface area contributed by atoms with Gasteiger partial charge in [0, 0.05) is 12.1 Å². The Morgan fingerprint density at radius 3 is 2.79 bits per heavy atom. The van der Waals surface area contributed by atoms with Crippen LogP contribution in [0.15, 0.2) is 48.5 Å². The number of rotatable bonds is 5. The predicted octanol–water partition coefficient (Wildman–Crippen LogP) is 1.23. The van der Waals surface area contributed by atoms with Crippen LogP contribution in [-0.2, 0) is 16.0 Å². The van der Waals surface area contributed by atoms with Crippen molar-refractivity contribution in [3.05, 3.63) is 59.1 Å². The lowest BCUT2D eigenvalue weighted by Gasteiger charge is -2.28. The summed E-state index contributed by atoms with van der Waals surface area (Å²) >= 11 is 1.71. The Kier molecular flexibility index (Phi) is 5.36. The summed E-state index contributed by atoms with van der Waals surface area (Å²) in [5, 5.41) is 6.84. The zero-order valence-electron chi connectivity index (χ0n) is 15.7. The van der Waals surface area contributed by atoms with Crippen molar-refractivity contribution < 1.29 is 14.5 Å². The largest absolute Gasteiger partial charge is 0.346 e. The van der Waals surface area contributed by atoms with E-state index >= 15 is 0 Å². The van der Waals surface area contributed by atoms with E-state index in [9.17, 15) is 9.59 Å². The Morgan fingerprint density at radius 2 is 2.04 bits per heavy atom. The molecule has 4 rings (SSSR count). The van der Waals surface area contributed by atoms with E-state index in [-0.39, 0.29) is 17.9 Å². The number of fused-ring (bicyclic) bond motifs is 1. The zero-order chi connectivity index (χ0) is 19.5. The standard InChI is InChI=1S/C21H22N4O2S/c1-14(25-11-10-22-19(26)13-25)21(27)23-16-8-6-15(7-9-16)12-20-24-17-4-2-3-5-18(17)28-20/h2-9,14H,10-13H2,1H3,(H,22,26)(H,23,27)/p+1/t14-/m1/s1. The molecule has 7 heteroatoms. The van der Waals surface area contributed by atoms with Gasteiger partial charge in [-0.15, -0.1) is 11.3 Å². The molecule has 0 saturated carbocycles. The van der Waals surface area contributed by atoms with E-state index in [2.05, 4.69) is 21.7 Å². The van der Waals surface area contributed by atoms with Crippen molar-refractivity contribution in [1.29, 1.82) is 0 Å². The lowest BCUT2D eigenvalue weighted by Crippen LogP contribution is -3.19. The van der Waals surface area contributed by atoms with Gasteiger partial charge in [0.15, 0.2) is 12.6 Å². The molecule has 0 aliphatic carbocycles. The van der Waals surface area contributed by atoms with Gasteiger partial charge in [-0.25, -0.2) is 4.98 Å². The molecule has 1 aromatic heterocycles. The van der Waals surface area contributed by atoms with Gasteiger partial charge in [-0.1, -0.05) is 24.3 Å². The predicted molar refractivity (Wildman–Crippen MR) is 111 cm³/mol. The minimum absolute atomic E-state index is 0.0000930. The van der Waals surface area contributed by atoms with Gasteiger partial charge in [-0.2, -0.15) is 0 Å². The number of nitrogens with zero attached hydrogens (tertiary/aromatic N) is 1. The summed E-state index contributed by atoms with van der Waals surface area (Å²) in [6.07, 6.45) is 0.775. The van der Waals surface area contributed by atoms with Crippen LogP contribution < -0.4 is 15.5 Å². The van der Waals surface area contributed by atoms with Gasteiger partial charge in [0.05, 0.1) is 28.3 Å². The van der Waals surface area contributed by atoms with E-state index in [0.29, 0.717) is 13.1 Å². The lowest BCUT2D eigenvalue weighted by atomic mass is 10.1. The number of thiazole rings is 1. The molecule has 2 aromatic carbocycles. The summed E-state index contributed by atoms with van der Waals surface area (Å²) in [5.74, 6) is -0.0660. The molecule has 2 atom stereocenters. The highest BCUT2D eigenvalue weighted by Crippen LogP contribution is 2.24. The average molecular weight is 396 g/mol. The molecule has 0 spiro atoms. The first-order valence-electron chi connectivity index (χ1n) is 9.44. The maximum atomic E-state index is 12.5. The van der Waals surface area contributed by atoms with Crippen LogP contribution in [0.3, 0.4) is 0 Å². The maximum absolute atomic E-state index is 12.5. The molecule has 3 N–H and O–H groups in total. The molecule has 6 nitrogen and oxygen atoms in total. The van der Waals surface area contributed by atoms with E-state index in [1.165, 1.54) is 4.70 Å². The molecule has 1 unspecified atom stereocenters. The van der Waals surface area contributed by atoms with Gasteiger partial charge in [-0.05, 0) is 36.8 Å². The number of hydrogen-bond acceptors (Lipinski definition) is 4. The fraction of sp³-hybridized carbons (Fsp3) is 0.286. The number of benzene rings is 2. The summed E-state index contributed by atoms with van der Waals surface area (Å²) < 4.78 is 1.20. The van der Waals surface area contributed by atoms with Crippen molar-refractivity contribution in [2.75, 3.05) is 25.0 Å². The Morgan fingerprint density at radius 1 is 1.25 bits per heavy atom. The molecule has 144 valence electrons. The second-order valence-electron chi connectivity index (χ2n) is 7.09. The number of anilines is 1. The van der Waals surface area contributed by atoms with E-state index in [1.54, 1.807) is 11.3 Å². The topological polar surface area (TPSA) is 75.5 Å². The molecule has 0 bridgehead atoms. The van der Waals surface area contributed by atoms with E-state index < -0.39 is 0 Å². The van der Waals surface area contributed by atoms with Crippen LogP contribution in [0.5, 0.6) is 0 Å². The van der Waals surface area contributed by atoms with Gasteiger partial charge in [0.1, 0.15) is 0 Å². The van der Waals surface area contributed by atoms with Crippen molar-refractivity contribution in [2.24, 2.45) is 0 Å². The number of quaternary nitrogens is 1. The van der Waals surface area contributed by atoms with Crippen molar-refractivity contribution >= 4 is 39.1 Å². The first-order chi connectivity index (χ1) is 13.6. The Hall–Kier alpha value is -2.77. The minimum Gasteiger partial charge on any atom is -0.346 e. The summed E-state index contributed by atoms with van der Waals surface area (Å²) in [5.41, 5.74) is 2.96. The molecule has 2 heterocycles. The number of nitrogens with one attached hydrogen (secondary N) is 3. The molecule has 3 aromatic rings. The van der Waals surface area contributed by atoms with Crippen LogP contribution in [-0.4, -0.2) is 42.5 Å². The van der Waals surface area contributed by atoms with E-state index in [0.717, 1.165) is 39.6 Å². The maximum Gasteiger partial charge on any atom is 0.282 e. The van der Waals surface area contributed by atoms with Crippen molar-refractivity contribution in [2.45, 2.75) is 19.4 Å². The number of carbonyl (C=O) groups excluding carboxylic acids is 2. The number of piperazine rings is 1. The van der Waals surface area contributed by atoms with Gasteiger partial charge >= 0.3 is 0 Å². The number of hydrogen-bond donors (Lipinski definition) is 3. The Bertz CT molecular complexity index is 966. The molecule has 1 fully saturated rings. The molecule has 1 aliphatic rings. The third kappa shape index (κ3) is 4.21. The molecular weight excluding hydrogens is 372 g/mol. The van der Waals surface area contributed by atoms with E-state index in [4.69, 9.17) is 0 Å². The van der Waals surface area contributed by atoms with Crippen LogP contribution in [0.4, 0.5) is 5.69 Å². The normalized spacial score (nSPS) is 17.9. The summed E-state index contributed by atoms with van der Waals surface area (Å²) in [7, 11) is 0. The Labute approximate surface area is 167 Å². The van der Waals surface area contributed by atoms with Gasteiger partial charge in [0.2, 0.25) is 0 Å². The molecule has 2 amide bonds. The highest BCUT2D eigenvalue weighted by atomic mass is 32.1. The van der Waals surface area contributed by atoms with Gasteiger partial charge in [-0.3, -0.25) is 9.59 Å². The Balaban J connectivity index is 1.37. The number of amides is 2. The van der Waals surface area contributed by atoms with Crippen LogP contribution in [0.25, 0.3) is 10.2 Å². The van der Waals surface area contributed by atoms with Crippen molar-refractivity contribution in [1.82, 2.24) is 10.3 Å². The number of aromatic nitrogens is 1. The first kappa shape index (κ1) is 18.6. The van der Waals surface area contributed by atoms with E-state index in [1.807, 2.05) is 49.4 Å². The van der Waals surface area contributed by atoms with Crippen LogP contribution in [0, 0.1) is 0 Å². The summed E-state index contributed by atoms with van der Waals surface area (Å²) in [4.78, 5) is 29.7. The van der Waals surface area contributed by atoms with Crippen molar-refractivity contribution in [3.8, 4) is 0 Å². The molecule has 0 radical (unpaired) electrons. The molecule has 1 saturated heterocycles. The van der Waals surface area contributed by atoms with Crippen molar-refractivity contribution in [3.63, 3.8) is 0 Å². The van der Waals surface area contributed by atoms with Gasteiger partial charge in [0.25, 0.3) is 11.8 Å². The van der Waals surface area contributed by atoms with Gasteiger partial charge < -0.3 is 15.5 Å². The molecule has 1 aliphatic heterocycles. The monoisotopic (exact) mass is 395 g/mol. The fourth-order valence-electron chi connectivity index (χ4n) is 3.40. The average Bonchev–Trinajstić information content (AvgIpc) is 3.11. The third-order valence-corrected chi connectivity index (χ3v) is 6.11. The molecule has 28 heavy (non-hydrogen) atoms. The second kappa shape index (κ2) is 8.08. The van der Waals surface area contributed by atoms with Crippen LogP contribution in [0.2, 0.25) is 0 Å². The van der Waals surface area contributed by atoms with Crippen LogP contribution in [0.1, 0.15) is 17.5 Å². The first-order valence-corrected chi connectivity index (χ1v) is 10.3. The SMILES string of the molecule is C[C@H](C(=O)Nc1ccc(Cc2nc3ccccc3s2)cc1)[NH+]1CCNC(=O)C1. The highest BCUT2D eigenvalue weighted by Gasteiger charge is 2.29. The zero-order valence-corrected chi connectivity index (χ0v) is 16.5. The smallest absolute Gasteiger partial charge is 0.282 e. The third-order valence-electron chi connectivity index (χ3n) is 5.08. The second-order valence-corrected chi connectivity index (χ2v) is 8.21. The van der Waals surface area contributed by atoms with Crippen LogP contribution >= 0.6 is 11.3 Å². The lowest BCUT2D eigenvalue weighted by molar-refractivity contribution is -0.907. The fourth-order valence-corrected chi connectivity index (χ4v) is 4.40. The highest BCUT2D eigenvalue weighted by molar-refractivity contribution is 7.18. The quantitative estimate of drug-likeness (QED) is 0.608.